The molecular weight excluding hydrogens is 208 g/mol. The number of carboxylic acid groups (broad SMARTS) is 2. The molecule has 2 N–H and O–H groups in total. The molecule has 0 saturated heterocycles. The van der Waals surface area contributed by atoms with Crippen molar-refractivity contribution in [1.82, 2.24) is 0 Å². The first-order chi connectivity index (χ1) is 7.31. The van der Waals surface area contributed by atoms with Gasteiger partial charge in [-0.3, -0.25) is 9.59 Å². The monoisotopic (exact) mass is 230 g/mol. The molecular formula is C12H22O4. The standard InChI is InChI=1S/C12H22O4/c1-5-12(6-2,11(15)16)9(4)8(3)7-10(13)14/h8-9H,5-7H2,1-4H3,(H,13,14)(H,15,16). The zero-order chi connectivity index (χ0) is 12.9. The molecule has 0 saturated carbocycles. The summed E-state index contributed by atoms with van der Waals surface area (Å²) >= 11 is 0. The number of carbonyl (C=O) groups is 2. The van der Waals surface area contributed by atoms with Crippen LogP contribution in [-0.2, 0) is 9.59 Å². The highest BCUT2D eigenvalue weighted by Crippen LogP contribution is 2.40. The van der Waals surface area contributed by atoms with Crippen LogP contribution < -0.4 is 0 Å². The number of hydrogen-bond acceptors (Lipinski definition) is 2. The van der Waals surface area contributed by atoms with Crippen molar-refractivity contribution in [1.29, 1.82) is 0 Å². The van der Waals surface area contributed by atoms with Crippen LogP contribution in [0.4, 0.5) is 0 Å². The third-order valence-electron chi connectivity index (χ3n) is 3.91. The van der Waals surface area contributed by atoms with E-state index in [0.29, 0.717) is 12.8 Å². The van der Waals surface area contributed by atoms with Crippen molar-refractivity contribution in [3.8, 4) is 0 Å². The maximum absolute atomic E-state index is 11.4. The lowest BCUT2D eigenvalue weighted by Crippen LogP contribution is -2.39. The van der Waals surface area contributed by atoms with Gasteiger partial charge in [0.2, 0.25) is 0 Å². The second-order valence-corrected chi connectivity index (χ2v) is 4.53. The quantitative estimate of drug-likeness (QED) is 0.705. The van der Waals surface area contributed by atoms with Crippen molar-refractivity contribution >= 4 is 11.9 Å². The largest absolute Gasteiger partial charge is 0.481 e. The van der Waals surface area contributed by atoms with Gasteiger partial charge in [-0.25, -0.2) is 0 Å². The van der Waals surface area contributed by atoms with Gasteiger partial charge in [-0.05, 0) is 24.7 Å². The summed E-state index contributed by atoms with van der Waals surface area (Å²) in [5.41, 5.74) is -0.797. The first-order valence-corrected chi connectivity index (χ1v) is 5.77. The highest BCUT2D eigenvalue weighted by Gasteiger charge is 2.42. The maximum atomic E-state index is 11.4. The van der Waals surface area contributed by atoms with E-state index in [1.165, 1.54) is 0 Å². The van der Waals surface area contributed by atoms with Crippen molar-refractivity contribution in [2.75, 3.05) is 0 Å². The lowest BCUT2D eigenvalue weighted by atomic mass is 9.66. The molecule has 0 aliphatic heterocycles. The second kappa shape index (κ2) is 5.87. The molecule has 0 aliphatic carbocycles. The molecule has 0 aromatic carbocycles. The Balaban J connectivity index is 4.93. The predicted molar refractivity (Wildman–Crippen MR) is 61.2 cm³/mol. The van der Waals surface area contributed by atoms with Crippen molar-refractivity contribution in [2.45, 2.75) is 47.0 Å². The molecule has 0 spiro atoms. The Labute approximate surface area is 96.7 Å². The highest BCUT2D eigenvalue weighted by molar-refractivity contribution is 5.75. The molecule has 0 bridgehead atoms. The van der Waals surface area contributed by atoms with Gasteiger partial charge in [0.15, 0.2) is 0 Å². The SMILES string of the molecule is CCC(CC)(C(=O)O)C(C)C(C)CC(=O)O. The topological polar surface area (TPSA) is 74.6 Å². The molecule has 2 atom stereocenters. The fourth-order valence-electron chi connectivity index (χ4n) is 2.39. The summed E-state index contributed by atoms with van der Waals surface area (Å²) in [6.45, 7) is 7.35. The third-order valence-corrected chi connectivity index (χ3v) is 3.91. The van der Waals surface area contributed by atoms with E-state index in [9.17, 15) is 14.7 Å². The average molecular weight is 230 g/mol. The summed E-state index contributed by atoms with van der Waals surface area (Å²) in [6.07, 6.45) is 1.09. The molecule has 0 aliphatic rings. The molecule has 0 rings (SSSR count). The van der Waals surface area contributed by atoms with E-state index in [0.717, 1.165) is 0 Å². The van der Waals surface area contributed by atoms with Crippen LogP contribution >= 0.6 is 0 Å². The summed E-state index contributed by atoms with van der Waals surface area (Å²) in [7, 11) is 0. The van der Waals surface area contributed by atoms with Gasteiger partial charge in [0.25, 0.3) is 0 Å². The molecule has 16 heavy (non-hydrogen) atoms. The van der Waals surface area contributed by atoms with E-state index < -0.39 is 17.4 Å². The van der Waals surface area contributed by atoms with Gasteiger partial charge in [-0.1, -0.05) is 27.7 Å². The van der Waals surface area contributed by atoms with Gasteiger partial charge in [0.05, 0.1) is 5.41 Å². The Morgan fingerprint density at radius 2 is 1.56 bits per heavy atom. The van der Waals surface area contributed by atoms with Crippen LogP contribution in [-0.4, -0.2) is 22.2 Å². The average Bonchev–Trinajstić information content (AvgIpc) is 2.18. The van der Waals surface area contributed by atoms with E-state index >= 15 is 0 Å². The Morgan fingerprint density at radius 1 is 1.12 bits per heavy atom. The van der Waals surface area contributed by atoms with Crippen molar-refractivity contribution in [3.05, 3.63) is 0 Å². The summed E-state index contributed by atoms with van der Waals surface area (Å²) in [4.78, 5) is 22.0. The molecule has 2 unspecified atom stereocenters. The second-order valence-electron chi connectivity index (χ2n) is 4.53. The summed E-state index contributed by atoms with van der Waals surface area (Å²) in [6, 6.07) is 0. The minimum absolute atomic E-state index is 0.0240. The number of aliphatic carboxylic acids is 2. The Kier molecular flexibility index (Phi) is 5.48. The van der Waals surface area contributed by atoms with Crippen LogP contribution in [0.15, 0.2) is 0 Å². The van der Waals surface area contributed by atoms with Crippen LogP contribution in [0.1, 0.15) is 47.0 Å². The summed E-state index contributed by atoms with van der Waals surface area (Å²) in [5, 5.41) is 18.1. The molecule has 0 amide bonds. The van der Waals surface area contributed by atoms with E-state index in [1.807, 2.05) is 27.7 Å². The number of rotatable bonds is 7. The van der Waals surface area contributed by atoms with E-state index in [1.54, 1.807) is 0 Å². The molecule has 0 aromatic rings. The number of hydrogen-bond donors (Lipinski definition) is 2. The Bertz CT molecular complexity index is 256. The molecule has 4 nitrogen and oxygen atoms in total. The lowest BCUT2D eigenvalue weighted by molar-refractivity contribution is -0.155. The van der Waals surface area contributed by atoms with Crippen molar-refractivity contribution in [3.63, 3.8) is 0 Å². The highest BCUT2D eigenvalue weighted by atomic mass is 16.4. The van der Waals surface area contributed by atoms with Gasteiger partial charge < -0.3 is 10.2 Å². The molecule has 4 heteroatoms. The number of carboxylic acids is 2. The van der Waals surface area contributed by atoms with E-state index in [-0.39, 0.29) is 18.3 Å². The fourth-order valence-corrected chi connectivity index (χ4v) is 2.39. The molecule has 0 radical (unpaired) electrons. The first kappa shape index (κ1) is 14.9. The fraction of sp³-hybridized carbons (Fsp3) is 0.833. The van der Waals surface area contributed by atoms with Gasteiger partial charge in [0, 0.05) is 6.42 Å². The Hall–Kier alpha value is -1.06. The van der Waals surface area contributed by atoms with Gasteiger partial charge in [-0.15, -0.1) is 0 Å². The van der Waals surface area contributed by atoms with E-state index in [4.69, 9.17) is 5.11 Å². The van der Waals surface area contributed by atoms with Crippen LogP contribution in [0.3, 0.4) is 0 Å². The van der Waals surface area contributed by atoms with Crippen molar-refractivity contribution < 1.29 is 19.8 Å². The van der Waals surface area contributed by atoms with Gasteiger partial charge in [0.1, 0.15) is 0 Å². The van der Waals surface area contributed by atoms with Crippen LogP contribution in [0, 0.1) is 17.3 Å². The zero-order valence-electron chi connectivity index (χ0n) is 10.5. The van der Waals surface area contributed by atoms with Crippen LogP contribution in [0.5, 0.6) is 0 Å². The molecule has 0 heterocycles. The molecule has 0 fully saturated rings. The van der Waals surface area contributed by atoms with Crippen LogP contribution in [0.2, 0.25) is 0 Å². The summed E-state index contributed by atoms with van der Waals surface area (Å²) < 4.78 is 0. The normalized spacial score (nSPS) is 15.5. The zero-order valence-corrected chi connectivity index (χ0v) is 10.5. The Morgan fingerprint density at radius 3 is 1.81 bits per heavy atom. The van der Waals surface area contributed by atoms with Gasteiger partial charge in [-0.2, -0.15) is 0 Å². The third kappa shape index (κ3) is 2.97. The minimum atomic E-state index is -0.870. The minimum Gasteiger partial charge on any atom is -0.481 e. The smallest absolute Gasteiger partial charge is 0.309 e. The maximum Gasteiger partial charge on any atom is 0.309 e. The van der Waals surface area contributed by atoms with Crippen LogP contribution in [0.25, 0.3) is 0 Å². The predicted octanol–water partition coefficient (Wildman–Crippen LogP) is 2.62. The molecule has 94 valence electrons. The van der Waals surface area contributed by atoms with Crippen molar-refractivity contribution in [2.24, 2.45) is 17.3 Å². The van der Waals surface area contributed by atoms with E-state index in [2.05, 4.69) is 0 Å². The summed E-state index contributed by atoms with van der Waals surface area (Å²) in [5.74, 6) is -1.96. The van der Waals surface area contributed by atoms with Gasteiger partial charge >= 0.3 is 11.9 Å². The molecule has 0 aromatic heterocycles. The first-order valence-electron chi connectivity index (χ1n) is 5.77. The lowest BCUT2D eigenvalue weighted by Gasteiger charge is -2.36.